The van der Waals surface area contributed by atoms with Crippen molar-refractivity contribution < 1.29 is 21.6 Å². The fourth-order valence-corrected chi connectivity index (χ4v) is 4.14. The van der Waals surface area contributed by atoms with Crippen molar-refractivity contribution in [1.82, 2.24) is 0 Å². The number of benzene rings is 2. The quantitative estimate of drug-likeness (QED) is 0.422. The first kappa shape index (κ1) is 22.1. The summed E-state index contributed by atoms with van der Waals surface area (Å²) in [6.07, 6.45) is 2.63. The normalized spacial score (nSPS) is 12.7. The molecule has 0 bridgehead atoms. The molecule has 0 aliphatic rings. The molecule has 0 amide bonds. The first-order valence-electron chi connectivity index (χ1n) is 8.02. The van der Waals surface area contributed by atoms with E-state index < -0.39 is 20.0 Å². The molecule has 11 heteroatoms. The van der Waals surface area contributed by atoms with Crippen molar-refractivity contribution in [3.05, 3.63) is 72.8 Å². The Kier molecular flexibility index (Phi) is 6.80. The van der Waals surface area contributed by atoms with Gasteiger partial charge in [-0.1, -0.05) is 24.3 Å². The smallest absolute Gasteiger partial charge is 0.261 e. The molecule has 2 rings (SSSR count). The Balaban J connectivity index is 2.42. The maximum Gasteiger partial charge on any atom is 0.261 e. The minimum atomic E-state index is -4.12. The van der Waals surface area contributed by atoms with E-state index in [2.05, 4.69) is 16.3 Å². The van der Waals surface area contributed by atoms with Gasteiger partial charge in [-0.25, -0.2) is 27.0 Å². The van der Waals surface area contributed by atoms with Gasteiger partial charge < -0.3 is 10.5 Å². The highest BCUT2D eigenvalue weighted by Crippen LogP contribution is 2.24. The summed E-state index contributed by atoms with van der Waals surface area (Å²) in [6.45, 7) is 3.55. The summed E-state index contributed by atoms with van der Waals surface area (Å²) in [6, 6.07) is 11.3. The lowest BCUT2D eigenvalue weighted by Gasteiger charge is -2.12. The molecule has 0 heterocycles. The summed E-state index contributed by atoms with van der Waals surface area (Å²) >= 11 is 0. The summed E-state index contributed by atoms with van der Waals surface area (Å²) in [5, 5.41) is 5.15. The van der Waals surface area contributed by atoms with E-state index in [-0.39, 0.29) is 21.4 Å². The second-order valence-corrected chi connectivity index (χ2v) is 8.86. The molecule has 9 nitrogen and oxygen atoms in total. The molecule has 0 radical (unpaired) electrons. The Morgan fingerprint density at radius 2 is 1.83 bits per heavy atom. The Hall–Kier alpha value is -3.15. The van der Waals surface area contributed by atoms with Crippen LogP contribution in [0.3, 0.4) is 0 Å². The molecule has 0 fully saturated rings. The van der Waals surface area contributed by atoms with Crippen LogP contribution in [0.2, 0.25) is 0 Å². The minimum absolute atomic E-state index is 0.113. The number of ether oxygens (including phenoxy) is 1. The molecule has 0 saturated carbocycles. The number of para-hydroxylation sites is 1. The molecule has 0 aliphatic heterocycles. The number of nitrogens with one attached hydrogen (secondary N) is 1. The van der Waals surface area contributed by atoms with Gasteiger partial charge in [0.1, 0.15) is 4.90 Å². The van der Waals surface area contributed by atoms with Crippen LogP contribution in [-0.4, -0.2) is 30.2 Å². The SMILES string of the molecule is C=C(N=C/C(=C\N)c1cccc(S(=O)(=O)Nc2ccccc2S(N)(=O)=O)c1)OC. The Morgan fingerprint density at radius 1 is 1.14 bits per heavy atom. The van der Waals surface area contributed by atoms with E-state index in [4.69, 9.17) is 15.6 Å². The van der Waals surface area contributed by atoms with Crippen LogP contribution in [0.5, 0.6) is 0 Å². The fraction of sp³-hybridized carbons (Fsp3) is 0.0556. The average molecular weight is 437 g/mol. The van der Waals surface area contributed by atoms with Crippen molar-refractivity contribution in [2.45, 2.75) is 9.79 Å². The van der Waals surface area contributed by atoms with Crippen LogP contribution in [0.15, 0.2) is 82.0 Å². The Morgan fingerprint density at radius 3 is 2.45 bits per heavy atom. The molecular weight excluding hydrogens is 416 g/mol. The number of allylic oxidation sites excluding steroid dienone is 1. The lowest BCUT2D eigenvalue weighted by molar-refractivity contribution is 0.291. The van der Waals surface area contributed by atoms with Gasteiger partial charge in [0.05, 0.1) is 17.7 Å². The molecule has 5 N–H and O–H groups in total. The van der Waals surface area contributed by atoms with Crippen LogP contribution < -0.4 is 15.6 Å². The highest BCUT2D eigenvalue weighted by Gasteiger charge is 2.20. The number of primary sulfonamides is 1. The monoisotopic (exact) mass is 436 g/mol. The van der Waals surface area contributed by atoms with Gasteiger partial charge in [0.25, 0.3) is 10.0 Å². The molecule has 0 atom stereocenters. The number of sulfonamides is 2. The van der Waals surface area contributed by atoms with E-state index >= 15 is 0 Å². The molecule has 0 aliphatic carbocycles. The van der Waals surface area contributed by atoms with E-state index in [1.807, 2.05) is 0 Å². The van der Waals surface area contributed by atoms with Crippen LogP contribution in [-0.2, 0) is 24.8 Å². The van der Waals surface area contributed by atoms with E-state index in [1.54, 1.807) is 6.07 Å². The molecule has 0 aromatic heterocycles. The molecule has 0 saturated heterocycles. The number of methoxy groups -OCH3 is 1. The number of nitrogens with two attached hydrogens (primary N) is 2. The molecule has 154 valence electrons. The van der Waals surface area contributed by atoms with Crippen LogP contribution in [0.1, 0.15) is 5.56 Å². The summed E-state index contributed by atoms with van der Waals surface area (Å²) in [7, 11) is -6.84. The summed E-state index contributed by atoms with van der Waals surface area (Å²) in [5.74, 6) is 0.148. The van der Waals surface area contributed by atoms with Crippen molar-refractivity contribution in [2.24, 2.45) is 15.9 Å². The van der Waals surface area contributed by atoms with Gasteiger partial charge >= 0.3 is 0 Å². The highest BCUT2D eigenvalue weighted by atomic mass is 32.2. The van der Waals surface area contributed by atoms with E-state index in [0.29, 0.717) is 11.1 Å². The first-order chi connectivity index (χ1) is 13.6. The highest BCUT2D eigenvalue weighted by molar-refractivity contribution is 7.93. The van der Waals surface area contributed by atoms with Crippen molar-refractivity contribution in [3.8, 4) is 0 Å². The zero-order chi connectivity index (χ0) is 21.7. The third-order valence-electron chi connectivity index (χ3n) is 3.68. The number of hydrogen-bond acceptors (Lipinski definition) is 7. The number of anilines is 1. The number of aliphatic imine (C=N–C) groups is 1. The van der Waals surface area contributed by atoms with Crippen LogP contribution in [0.4, 0.5) is 5.69 Å². The van der Waals surface area contributed by atoms with Crippen molar-refractivity contribution >= 4 is 37.5 Å². The molecule has 2 aromatic carbocycles. The van der Waals surface area contributed by atoms with Crippen molar-refractivity contribution in [1.29, 1.82) is 0 Å². The molecular formula is C18H20N4O5S2. The number of nitrogens with zero attached hydrogens (tertiary/aromatic N) is 1. The van der Waals surface area contributed by atoms with Crippen LogP contribution in [0, 0.1) is 0 Å². The molecule has 29 heavy (non-hydrogen) atoms. The van der Waals surface area contributed by atoms with E-state index in [1.165, 1.54) is 62.0 Å². The molecule has 0 unspecified atom stereocenters. The summed E-state index contributed by atoms with van der Waals surface area (Å²) in [5.41, 5.74) is 6.34. The maximum atomic E-state index is 12.8. The topological polar surface area (TPSA) is 154 Å². The third-order valence-corrected chi connectivity index (χ3v) is 6.01. The minimum Gasteiger partial charge on any atom is -0.481 e. The lowest BCUT2D eigenvalue weighted by Crippen LogP contribution is -2.18. The van der Waals surface area contributed by atoms with Gasteiger partial charge in [0, 0.05) is 18.0 Å². The zero-order valence-corrected chi connectivity index (χ0v) is 17.1. The number of hydrogen-bond donors (Lipinski definition) is 3. The third kappa shape index (κ3) is 5.67. The number of rotatable bonds is 8. The predicted molar refractivity (Wildman–Crippen MR) is 112 cm³/mol. The molecule has 2 aromatic rings. The van der Waals surface area contributed by atoms with E-state index in [0.717, 1.165) is 0 Å². The van der Waals surface area contributed by atoms with Gasteiger partial charge in [-0.15, -0.1) is 0 Å². The molecule has 0 spiro atoms. The van der Waals surface area contributed by atoms with Gasteiger partial charge in [-0.2, -0.15) is 0 Å². The zero-order valence-electron chi connectivity index (χ0n) is 15.4. The Bertz CT molecular complexity index is 1190. The van der Waals surface area contributed by atoms with Gasteiger partial charge in [0.2, 0.25) is 15.9 Å². The van der Waals surface area contributed by atoms with Crippen LogP contribution in [0.25, 0.3) is 5.57 Å². The van der Waals surface area contributed by atoms with Crippen molar-refractivity contribution in [2.75, 3.05) is 11.8 Å². The van der Waals surface area contributed by atoms with E-state index in [9.17, 15) is 16.8 Å². The predicted octanol–water partition coefficient (Wildman–Crippen LogP) is 1.62. The van der Waals surface area contributed by atoms with Crippen LogP contribution >= 0.6 is 0 Å². The maximum absolute atomic E-state index is 12.8. The second kappa shape index (κ2) is 8.90. The lowest BCUT2D eigenvalue weighted by atomic mass is 10.1. The standard InChI is InChI=1S/C18H20N4O5S2/c1-13(27-2)21-12-15(11-19)14-6-5-7-16(10-14)29(25,26)22-17-8-3-4-9-18(17)28(20,23)24/h3-12,22H,1,19H2,2H3,(H2,20,23,24)/b15-11+,21-12?. The summed E-state index contributed by atoms with van der Waals surface area (Å²) < 4.78 is 56.1. The fourth-order valence-electron chi connectivity index (χ4n) is 2.25. The van der Waals surface area contributed by atoms with Gasteiger partial charge in [0.15, 0.2) is 0 Å². The van der Waals surface area contributed by atoms with Gasteiger partial charge in [-0.3, -0.25) is 4.72 Å². The Labute approximate surface area is 169 Å². The second-order valence-electron chi connectivity index (χ2n) is 5.65. The van der Waals surface area contributed by atoms with Crippen molar-refractivity contribution in [3.63, 3.8) is 0 Å². The first-order valence-corrected chi connectivity index (χ1v) is 11.1. The largest absolute Gasteiger partial charge is 0.481 e. The summed E-state index contributed by atoms with van der Waals surface area (Å²) in [4.78, 5) is 3.50. The van der Waals surface area contributed by atoms with Gasteiger partial charge in [-0.05, 0) is 36.4 Å². The average Bonchev–Trinajstić information content (AvgIpc) is 2.67.